The van der Waals surface area contributed by atoms with Gasteiger partial charge in [-0.1, -0.05) is 34.5 Å². The Bertz CT molecular complexity index is 1000. The Morgan fingerprint density at radius 2 is 2.26 bits per heavy atom. The number of halogens is 2. The van der Waals surface area contributed by atoms with Crippen LogP contribution in [0.25, 0.3) is 5.82 Å². The highest BCUT2D eigenvalue weighted by Gasteiger charge is 2.23. The SMILES string of the molecule is COCc1c(C(=O)N/N=C/c2ccc(Cl)cc2Cl)nnn1-c1nonc1N. The molecule has 0 radical (unpaired) electrons. The Kier molecular flexibility index (Phi) is 5.64. The average molecular weight is 411 g/mol. The molecule has 140 valence electrons. The highest BCUT2D eigenvalue weighted by molar-refractivity contribution is 6.36. The van der Waals surface area contributed by atoms with Crippen molar-refractivity contribution < 1.29 is 14.2 Å². The van der Waals surface area contributed by atoms with Crippen LogP contribution in [0.1, 0.15) is 21.7 Å². The summed E-state index contributed by atoms with van der Waals surface area (Å²) in [6, 6.07) is 4.87. The summed E-state index contributed by atoms with van der Waals surface area (Å²) in [5, 5.41) is 19.5. The van der Waals surface area contributed by atoms with Crippen LogP contribution < -0.4 is 11.2 Å². The number of nitrogen functional groups attached to an aromatic ring is 1. The molecule has 0 bridgehead atoms. The third-order valence-electron chi connectivity index (χ3n) is 3.29. The number of carbonyl (C=O) groups excluding carboxylic acids is 1. The van der Waals surface area contributed by atoms with Crippen LogP contribution in [0, 0.1) is 0 Å². The van der Waals surface area contributed by atoms with Crippen molar-refractivity contribution in [1.82, 2.24) is 30.7 Å². The Morgan fingerprint density at radius 3 is 2.93 bits per heavy atom. The molecule has 3 N–H and O–H groups in total. The highest BCUT2D eigenvalue weighted by Crippen LogP contribution is 2.19. The fourth-order valence-electron chi connectivity index (χ4n) is 2.07. The number of carbonyl (C=O) groups is 1. The molecule has 1 amide bonds. The van der Waals surface area contributed by atoms with Gasteiger partial charge in [0.05, 0.1) is 17.8 Å². The molecular formula is C14H12Cl2N8O3. The summed E-state index contributed by atoms with van der Waals surface area (Å²) in [5.41, 5.74) is 8.82. The fourth-order valence-corrected chi connectivity index (χ4v) is 2.53. The second kappa shape index (κ2) is 8.12. The topological polar surface area (TPSA) is 146 Å². The maximum absolute atomic E-state index is 12.4. The Labute approximate surface area is 162 Å². The van der Waals surface area contributed by atoms with Crippen molar-refractivity contribution in [3.8, 4) is 5.82 Å². The molecule has 3 aromatic rings. The second-order valence-electron chi connectivity index (χ2n) is 5.07. The first-order valence-corrected chi connectivity index (χ1v) is 8.07. The van der Waals surface area contributed by atoms with Crippen LogP contribution in [0.2, 0.25) is 10.0 Å². The molecule has 3 rings (SSSR count). The number of hydrogen-bond acceptors (Lipinski definition) is 9. The van der Waals surface area contributed by atoms with Gasteiger partial charge in [-0.2, -0.15) is 9.78 Å². The van der Waals surface area contributed by atoms with E-state index in [-0.39, 0.29) is 29.6 Å². The number of ether oxygens (including phenoxy) is 1. The zero-order valence-electron chi connectivity index (χ0n) is 13.8. The molecule has 11 nitrogen and oxygen atoms in total. The summed E-state index contributed by atoms with van der Waals surface area (Å²) in [6.45, 7) is 0.00871. The van der Waals surface area contributed by atoms with Gasteiger partial charge in [0.1, 0.15) is 5.69 Å². The molecule has 27 heavy (non-hydrogen) atoms. The Morgan fingerprint density at radius 1 is 1.44 bits per heavy atom. The van der Waals surface area contributed by atoms with Crippen molar-refractivity contribution in [1.29, 1.82) is 0 Å². The number of anilines is 1. The lowest BCUT2D eigenvalue weighted by Gasteiger charge is -2.04. The zero-order valence-corrected chi connectivity index (χ0v) is 15.3. The normalized spacial score (nSPS) is 11.2. The predicted octanol–water partition coefficient (Wildman–Crippen LogP) is 1.45. The third kappa shape index (κ3) is 4.05. The van der Waals surface area contributed by atoms with Gasteiger partial charge >= 0.3 is 0 Å². The molecule has 0 aliphatic heterocycles. The molecule has 0 fully saturated rings. The summed E-state index contributed by atoms with van der Waals surface area (Å²) < 4.78 is 10.8. The minimum atomic E-state index is -0.621. The monoisotopic (exact) mass is 410 g/mol. The summed E-state index contributed by atoms with van der Waals surface area (Å²) in [6.07, 6.45) is 1.37. The fraction of sp³-hybridized carbons (Fsp3) is 0.143. The predicted molar refractivity (Wildman–Crippen MR) is 95.9 cm³/mol. The summed E-state index contributed by atoms with van der Waals surface area (Å²) in [4.78, 5) is 12.4. The van der Waals surface area contributed by atoms with E-state index in [2.05, 4.69) is 35.8 Å². The molecular weight excluding hydrogens is 399 g/mol. The zero-order chi connectivity index (χ0) is 19.4. The number of nitrogens with two attached hydrogens (primary N) is 1. The van der Waals surface area contributed by atoms with E-state index in [0.717, 1.165) is 0 Å². The van der Waals surface area contributed by atoms with Gasteiger partial charge in [-0.25, -0.2) is 10.1 Å². The van der Waals surface area contributed by atoms with Crippen LogP contribution in [0.3, 0.4) is 0 Å². The number of aromatic nitrogens is 5. The van der Waals surface area contributed by atoms with Crippen LogP contribution >= 0.6 is 23.2 Å². The van der Waals surface area contributed by atoms with Gasteiger partial charge in [0, 0.05) is 17.7 Å². The molecule has 0 saturated carbocycles. The van der Waals surface area contributed by atoms with Crippen molar-refractivity contribution in [2.75, 3.05) is 12.8 Å². The van der Waals surface area contributed by atoms with Crippen LogP contribution in [-0.4, -0.2) is 44.5 Å². The van der Waals surface area contributed by atoms with Gasteiger partial charge in [0.25, 0.3) is 5.91 Å². The van der Waals surface area contributed by atoms with Crippen molar-refractivity contribution in [3.63, 3.8) is 0 Å². The van der Waals surface area contributed by atoms with Gasteiger partial charge in [-0.05, 0) is 22.4 Å². The minimum Gasteiger partial charge on any atom is -0.378 e. The van der Waals surface area contributed by atoms with E-state index in [9.17, 15) is 4.79 Å². The minimum absolute atomic E-state index is 0.00871. The molecule has 0 saturated heterocycles. The largest absolute Gasteiger partial charge is 0.378 e. The molecule has 1 aromatic carbocycles. The molecule has 2 heterocycles. The van der Waals surface area contributed by atoms with Gasteiger partial charge in [-0.15, -0.1) is 5.10 Å². The van der Waals surface area contributed by atoms with E-state index in [1.54, 1.807) is 18.2 Å². The number of nitrogens with one attached hydrogen (secondary N) is 1. The van der Waals surface area contributed by atoms with Crippen LogP contribution in [0.4, 0.5) is 5.82 Å². The van der Waals surface area contributed by atoms with Crippen molar-refractivity contribution in [2.45, 2.75) is 6.61 Å². The molecule has 0 atom stereocenters. The number of hydrazone groups is 1. The first-order chi connectivity index (χ1) is 13.0. The van der Waals surface area contributed by atoms with E-state index in [1.165, 1.54) is 18.0 Å². The number of nitrogens with zero attached hydrogens (tertiary/aromatic N) is 6. The molecule has 13 heteroatoms. The smallest absolute Gasteiger partial charge is 0.293 e. The van der Waals surface area contributed by atoms with Gasteiger partial charge in [0.15, 0.2) is 5.69 Å². The maximum atomic E-state index is 12.4. The van der Waals surface area contributed by atoms with Crippen LogP contribution in [0.5, 0.6) is 0 Å². The van der Waals surface area contributed by atoms with E-state index in [0.29, 0.717) is 15.6 Å². The standard InChI is InChI=1S/C14H12Cl2N8O3/c1-26-6-10-11(19-23-24(10)13-12(17)21-27-22-13)14(25)20-18-5-7-2-3-8(15)4-9(7)16/h2-5H,6H2,1H3,(H2,17,21)(H,20,25)/b18-5+. The third-order valence-corrected chi connectivity index (χ3v) is 3.85. The van der Waals surface area contributed by atoms with E-state index >= 15 is 0 Å². The Balaban J connectivity index is 1.81. The maximum Gasteiger partial charge on any atom is 0.293 e. The van der Waals surface area contributed by atoms with Gasteiger partial charge in [-0.3, -0.25) is 4.79 Å². The number of amides is 1. The molecule has 2 aromatic heterocycles. The highest BCUT2D eigenvalue weighted by atomic mass is 35.5. The number of hydrogen-bond donors (Lipinski definition) is 2. The van der Waals surface area contributed by atoms with Crippen molar-refractivity contribution >= 4 is 41.1 Å². The molecule has 0 unspecified atom stereocenters. The van der Waals surface area contributed by atoms with Crippen LogP contribution in [-0.2, 0) is 11.3 Å². The second-order valence-corrected chi connectivity index (χ2v) is 5.91. The van der Waals surface area contributed by atoms with Gasteiger partial charge < -0.3 is 10.5 Å². The summed E-state index contributed by atoms with van der Waals surface area (Å²) in [7, 11) is 1.45. The quantitative estimate of drug-likeness (QED) is 0.458. The molecule has 0 spiro atoms. The summed E-state index contributed by atoms with van der Waals surface area (Å²) >= 11 is 11.9. The first-order valence-electron chi connectivity index (χ1n) is 7.31. The number of benzene rings is 1. The van der Waals surface area contributed by atoms with E-state index < -0.39 is 5.91 Å². The molecule has 0 aliphatic carbocycles. The lowest BCUT2D eigenvalue weighted by atomic mass is 10.2. The van der Waals surface area contributed by atoms with E-state index in [1.807, 2.05) is 0 Å². The Hall–Kier alpha value is -3.02. The number of methoxy groups -OCH3 is 1. The lowest BCUT2D eigenvalue weighted by Crippen LogP contribution is -2.20. The lowest BCUT2D eigenvalue weighted by molar-refractivity contribution is 0.0944. The van der Waals surface area contributed by atoms with Crippen molar-refractivity contribution in [2.24, 2.45) is 5.10 Å². The summed E-state index contributed by atoms with van der Waals surface area (Å²) in [5.74, 6) is -0.547. The van der Waals surface area contributed by atoms with Gasteiger partial charge in [0.2, 0.25) is 11.6 Å². The first kappa shape index (κ1) is 18.8. The van der Waals surface area contributed by atoms with Crippen molar-refractivity contribution in [3.05, 3.63) is 45.2 Å². The van der Waals surface area contributed by atoms with Crippen LogP contribution in [0.15, 0.2) is 27.9 Å². The number of rotatable bonds is 6. The molecule has 0 aliphatic rings. The van der Waals surface area contributed by atoms with E-state index in [4.69, 9.17) is 33.7 Å². The average Bonchev–Trinajstić information content (AvgIpc) is 3.23.